The minimum absolute atomic E-state index is 0.0874. The number of hydrogen-bond donors (Lipinski definition) is 1. The number of rotatable bonds is 6. The van der Waals surface area contributed by atoms with Crippen LogP contribution in [0.4, 0.5) is 0 Å². The summed E-state index contributed by atoms with van der Waals surface area (Å²) in [6.45, 7) is 5.94. The number of carbonyl (C=O) groups is 1. The second-order valence-electron chi connectivity index (χ2n) is 6.70. The molecule has 1 atom stereocenters. The maximum Gasteiger partial charge on any atom is 0.266 e. The smallest absolute Gasteiger partial charge is 0.266 e. The van der Waals surface area contributed by atoms with Gasteiger partial charge in [-0.1, -0.05) is 42.4 Å². The van der Waals surface area contributed by atoms with Gasteiger partial charge in [-0.05, 0) is 56.2 Å². The lowest BCUT2D eigenvalue weighted by atomic mass is 10.2. The normalized spacial score (nSPS) is 12.1. The zero-order valence-corrected chi connectivity index (χ0v) is 17.6. The van der Waals surface area contributed by atoms with E-state index >= 15 is 0 Å². The fourth-order valence-corrected chi connectivity index (χ4v) is 3.77. The molecule has 0 aliphatic heterocycles. The number of hydrogen-bond acceptors (Lipinski definition) is 4. The largest absolute Gasteiger partial charge is 0.353 e. The van der Waals surface area contributed by atoms with Gasteiger partial charge in [0.2, 0.25) is 5.91 Å². The Bertz CT molecular complexity index is 1080. The number of aryl methyl sites for hydroxylation is 1. The summed E-state index contributed by atoms with van der Waals surface area (Å²) in [5.74, 6) is 0.0878. The number of halogens is 1. The van der Waals surface area contributed by atoms with Gasteiger partial charge in [-0.2, -0.15) is 0 Å². The second kappa shape index (κ2) is 8.80. The number of nitrogens with one attached hydrogen (secondary N) is 1. The molecule has 2 aromatic carbocycles. The fraction of sp³-hybridized carbons (Fsp3) is 0.286. The first-order valence-corrected chi connectivity index (χ1v) is 10.5. The SMILES string of the molecule is CCC(C)NC(=O)CSc1nc2cc(Cl)ccc2c(=O)n1-c1cccc(C)c1. The summed E-state index contributed by atoms with van der Waals surface area (Å²) in [4.78, 5) is 30.1. The third-order valence-corrected chi connectivity index (χ3v) is 5.59. The standard InChI is InChI=1S/C21H22ClN3O2S/c1-4-14(3)23-19(26)12-28-21-24-18-11-15(22)8-9-17(18)20(27)25(21)16-7-5-6-13(2)10-16/h5-11,14H,4,12H2,1-3H3,(H,23,26). The highest BCUT2D eigenvalue weighted by Crippen LogP contribution is 2.23. The van der Waals surface area contributed by atoms with Crippen molar-refractivity contribution in [3.8, 4) is 5.69 Å². The maximum absolute atomic E-state index is 13.2. The van der Waals surface area contributed by atoms with Gasteiger partial charge in [-0.25, -0.2) is 4.98 Å². The summed E-state index contributed by atoms with van der Waals surface area (Å²) < 4.78 is 1.56. The van der Waals surface area contributed by atoms with Crippen LogP contribution in [0.2, 0.25) is 5.02 Å². The molecule has 0 aliphatic carbocycles. The van der Waals surface area contributed by atoms with Gasteiger partial charge < -0.3 is 5.32 Å². The van der Waals surface area contributed by atoms with Crippen LogP contribution in [0.25, 0.3) is 16.6 Å². The Kier molecular flexibility index (Phi) is 6.42. The van der Waals surface area contributed by atoms with Gasteiger partial charge in [-0.3, -0.25) is 14.2 Å². The van der Waals surface area contributed by atoms with Crippen molar-refractivity contribution < 1.29 is 4.79 Å². The van der Waals surface area contributed by atoms with Crippen LogP contribution in [0.1, 0.15) is 25.8 Å². The van der Waals surface area contributed by atoms with Crippen molar-refractivity contribution in [3.05, 3.63) is 63.4 Å². The van der Waals surface area contributed by atoms with E-state index in [1.807, 2.05) is 45.0 Å². The first kappa shape index (κ1) is 20.4. The number of thioether (sulfide) groups is 1. The van der Waals surface area contributed by atoms with Crippen molar-refractivity contribution in [2.75, 3.05) is 5.75 Å². The van der Waals surface area contributed by atoms with Crippen molar-refractivity contribution >= 4 is 40.2 Å². The Morgan fingerprint density at radius 2 is 2.07 bits per heavy atom. The van der Waals surface area contributed by atoms with Crippen molar-refractivity contribution in [1.82, 2.24) is 14.9 Å². The quantitative estimate of drug-likeness (QED) is 0.480. The van der Waals surface area contributed by atoms with Crippen LogP contribution in [0.3, 0.4) is 0 Å². The van der Waals surface area contributed by atoms with Gasteiger partial charge >= 0.3 is 0 Å². The molecule has 1 aromatic heterocycles. The van der Waals surface area contributed by atoms with E-state index < -0.39 is 0 Å². The molecule has 0 saturated heterocycles. The zero-order chi connectivity index (χ0) is 20.3. The van der Waals surface area contributed by atoms with E-state index in [2.05, 4.69) is 10.3 Å². The number of nitrogens with zero attached hydrogens (tertiary/aromatic N) is 2. The second-order valence-corrected chi connectivity index (χ2v) is 8.08. The predicted molar refractivity (Wildman–Crippen MR) is 116 cm³/mol. The molecule has 1 heterocycles. The Labute approximate surface area is 173 Å². The molecular formula is C21H22ClN3O2S. The van der Waals surface area contributed by atoms with Crippen molar-refractivity contribution in [2.24, 2.45) is 0 Å². The summed E-state index contributed by atoms with van der Waals surface area (Å²) >= 11 is 7.32. The Balaban J connectivity index is 2.07. The summed E-state index contributed by atoms with van der Waals surface area (Å²) in [6.07, 6.45) is 0.858. The van der Waals surface area contributed by atoms with Crippen LogP contribution >= 0.6 is 23.4 Å². The highest BCUT2D eigenvalue weighted by molar-refractivity contribution is 7.99. The molecule has 1 N–H and O–H groups in total. The molecule has 0 spiro atoms. The van der Waals surface area contributed by atoms with Gasteiger partial charge in [0.1, 0.15) is 0 Å². The van der Waals surface area contributed by atoms with Crippen molar-refractivity contribution in [2.45, 2.75) is 38.4 Å². The van der Waals surface area contributed by atoms with Crippen LogP contribution < -0.4 is 10.9 Å². The van der Waals surface area contributed by atoms with Crippen molar-refractivity contribution in [3.63, 3.8) is 0 Å². The molecule has 0 fully saturated rings. The van der Waals surface area contributed by atoms with E-state index in [4.69, 9.17) is 11.6 Å². The van der Waals surface area contributed by atoms with E-state index in [1.54, 1.807) is 22.8 Å². The maximum atomic E-state index is 13.2. The lowest BCUT2D eigenvalue weighted by Crippen LogP contribution is -2.33. The van der Waals surface area contributed by atoms with Gasteiger partial charge in [-0.15, -0.1) is 0 Å². The molecule has 146 valence electrons. The zero-order valence-electron chi connectivity index (χ0n) is 16.0. The molecule has 3 aromatic rings. The first-order chi connectivity index (χ1) is 13.4. The van der Waals surface area contributed by atoms with Crippen LogP contribution in [0.5, 0.6) is 0 Å². The Hall–Kier alpha value is -2.31. The van der Waals surface area contributed by atoms with E-state index in [0.29, 0.717) is 21.1 Å². The predicted octanol–water partition coefficient (Wildman–Crippen LogP) is 4.35. The van der Waals surface area contributed by atoms with Gasteiger partial charge in [0.05, 0.1) is 22.3 Å². The van der Waals surface area contributed by atoms with Crippen LogP contribution in [0.15, 0.2) is 52.4 Å². The van der Waals surface area contributed by atoms with Gasteiger partial charge in [0, 0.05) is 11.1 Å². The van der Waals surface area contributed by atoms with E-state index in [9.17, 15) is 9.59 Å². The number of aromatic nitrogens is 2. The van der Waals surface area contributed by atoms with Crippen LogP contribution in [-0.4, -0.2) is 27.3 Å². The monoisotopic (exact) mass is 415 g/mol. The lowest BCUT2D eigenvalue weighted by molar-refractivity contribution is -0.119. The average molecular weight is 416 g/mol. The molecule has 0 bridgehead atoms. The van der Waals surface area contributed by atoms with Crippen LogP contribution in [-0.2, 0) is 4.79 Å². The van der Waals surface area contributed by atoms with Gasteiger partial charge in [0.15, 0.2) is 5.16 Å². The molecule has 5 nitrogen and oxygen atoms in total. The molecule has 7 heteroatoms. The summed E-state index contributed by atoms with van der Waals surface area (Å²) in [5.41, 5.74) is 2.09. The third-order valence-electron chi connectivity index (χ3n) is 4.41. The molecule has 1 unspecified atom stereocenters. The highest BCUT2D eigenvalue weighted by Gasteiger charge is 2.16. The molecule has 0 aliphatic rings. The van der Waals surface area contributed by atoms with E-state index in [0.717, 1.165) is 17.7 Å². The number of carbonyl (C=O) groups excluding carboxylic acids is 1. The summed E-state index contributed by atoms with van der Waals surface area (Å²) in [5, 5.41) is 4.39. The first-order valence-electron chi connectivity index (χ1n) is 9.10. The lowest BCUT2D eigenvalue weighted by Gasteiger charge is -2.15. The molecule has 3 rings (SSSR count). The summed E-state index contributed by atoms with van der Waals surface area (Å²) in [7, 11) is 0. The topological polar surface area (TPSA) is 64.0 Å². The molecule has 0 radical (unpaired) electrons. The number of amides is 1. The Morgan fingerprint density at radius 1 is 1.29 bits per heavy atom. The minimum atomic E-state index is -0.183. The number of fused-ring (bicyclic) bond motifs is 1. The van der Waals surface area contributed by atoms with Crippen molar-refractivity contribution in [1.29, 1.82) is 0 Å². The number of benzene rings is 2. The molecule has 0 saturated carbocycles. The highest BCUT2D eigenvalue weighted by atomic mass is 35.5. The average Bonchev–Trinajstić information content (AvgIpc) is 2.66. The van der Waals surface area contributed by atoms with E-state index in [1.165, 1.54) is 11.8 Å². The molecular weight excluding hydrogens is 394 g/mol. The Morgan fingerprint density at radius 3 is 2.79 bits per heavy atom. The minimum Gasteiger partial charge on any atom is -0.353 e. The third kappa shape index (κ3) is 4.56. The molecule has 1 amide bonds. The summed E-state index contributed by atoms with van der Waals surface area (Å²) in [6, 6.07) is 12.8. The van der Waals surface area contributed by atoms with Crippen LogP contribution in [0, 0.1) is 6.92 Å². The van der Waals surface area contributed by atoms with E-state index in [-0.39, 0.29) is 23.3 Å². The fourth-order valence-electron chi connectivity index (χ4n) is 2.78. The molecule has 28 heavy (non-hydrogen) atoms. The van der Waals surface area contributed by atoms with Gasteiger partial charge in [0.25, 0.3) is 5.56 Å².